The zero-order chi connectivity index (χ0) is 29.2. The lowest BCUT2D eigenvalue weighted by atomic mass is 9.78. The highest BCUT2D eigenvalue weighted by molar-refractivity contribution is 5.55. The van der Waals surface area contributed by atoms with Crippen LogP contribution in [0.3, 0.4) is 0 Å². The van der Waals surface area contributed by atoms with Gasteiger partial charge < -0.3 is 19.3 Å². The summed E-state index contributed by atoms with van der Waals surface area (Å²) in [7, 11) is 0. The molecule has 0 atom stereocenters. The first-order valence-electron chi connectivity index (χ1n) is 15.3. The van der Waals surface area contributed by atoms with Crippen LogP contribution < -0.4 is 14.5 Å². The van der Waals surface area contributed by atoms with Gasteiger partial charge in [-0.1, -0.05) is 103 Å². The Morgan fingerprint density at radius 3 is 1.83 bits per heavy atom. The van der Waals surface area contributed by atoms with Crippen LogP contribution in [0, 0.1) is 0 Å². The molecule has 4 nitrogen and oxygen atoms in total. The summed E-state index contributed by atoms with van der Waals surface area (Å²) >= 11 is 0. The van der Waals surface area contributed by atoms with Crippen LogP contribution in [0.4, 0.5) is 11.4 Å². The third kappa shape index (κ3) is 7.35. The summed E-state index contributed by atoms with van der Waals surface area (Å²) in [6.45, 7) is 16.1. The minimum atomic E-state index is -0.0929. The molecule has 6 rings (SSSR count). The van der Waals surface area contributed by atoms with Gasteiger partial charge in [-0.3, -0.25) is 0 Å². The number of para-hydroxylation sites is 1. The van der Waals surface area contributed by atoms with E-state index in [1.807, 2.05) is 12.1 Å². The molecular weight excluding hydrogens is 504 g/mol. The molecule has 3 aromatic rings. The summed E-state index contributed by atoms with van der Waals surface area (Å²) in [6.07, 6.45) is 9.04. The van der Waals surface area contributed by atoms with Crippen LogP contribution in [0.15, 0.2) is 96.3 Å². The lowest BCUT2D eigenvalue weighted by molar-refractivity contribution is 0.203. The highest BCUT2D eigenvalue weighted by Crippen LogP contribution is 2.35. The molecule has 3 aromatic carbocycles. The van der Waals surface area contributed by atoms with Crippen molar-refractivity contribution < 1.29 is 9.47 Å². The van der Waals surface area contributed by atoms with Crippen molar-refractivity contribution in [1.82, 2.24) is 0 Å². The van der Waals surface area contributed by atoms with E-state index in [-0.39, 0.29) is 5.41 Å². The lowest BCUT2D eigenvalue weighted by Gasteiger charge is -2.34. The molecule has 0 radical (unpaired) electrons. The van der Waals surface area contributed by atoms with Gasteiger partial charge in [-0.2, -0.15) is 0 Å². The Hall–Kier alpha value is -3.66. The highest BCUT2D eigenvalue weighted by Gasteiger charge is 2.25. The zero-order valence-electron chi connectivity index (χ0n) is 26.0. The van der Waals surface area contributed by atoms with E-state index in [9.17, 15) is 0 Å². The van der Waals surface area contributed by atoms with E-state index in [1.165, 1.54) is 46.5 Å². The third-order valence-electron chi connectivity index (χ3n) is 7.61. The molecule has 0 unspecified atom stereocenters. The maximum Gasteiger partial charge on any atom is 0.161 e. The van der Waals surface area contributed by atoms with Gasteiger partial charge in [0, 0.05) is 35.4 Å². The zero-order valence-corrected chi connectivity index (χ0v) is 26.0. The van der Waals surface area contributed by atoms with E-state index in [1.54, 1.807) is 0 Å². The topological polar surface area (TPSA) is 24.9 Å². The molecule has 0 amide bonds. The number of rotatable bonds is 4. The first-order valence-corrected chi connectivity index (χ1v) is 15.3. The Morgan fingerprint density at radius 1 is 0.683 bits per heavy atom. The van der Waals surface area contributed by atoms with Crippen molar-refractivity contribution in [2.24, 2.45) is 0 Å². The smallest absolute Gasteiger partial charge is 0.161 e. The van der Waals surface area contributed by atoms with E-state index in [4.69, 9.17) is 9.47 Å². The monoisotopic (exact) mass is 552 g/mol. The predicted molar refractivity (Wildman–Crippen MR) is 174 cm³/mol. The molecule has 2 aliphatic heterocycles. The second-order valence-corrected chi connectivity index (χ2v) is 11.6. The number of ether oxygens (including phenoxy) is 2. The van der Waals surface area contributed by atoms with Crippen LogP contribution in [-0.4, -0.2) is 20.0 Å². The lowest BCUT2D eigenvalue weighted by Crippen LogP contribution is -2.33. The van der Waals surface area contributed by atoms with E-state index >= 15 is 0 Å². The van der Waals surface area contributed by atoms with Gasteiger partial charge in [0.2, 0.25) is 0 Å². The number of benzene rings is 3. The molecule has 0 saturated carbocycles. The fourth-order valence-electron chi connectivity index (χ4n) is 5.27. The van der Waals surface area contributed by atoms with Crippen molar-refractivity contribution in [1.29, 1.82) is 0 Å². The van der Waals surface area contributed by atoms with Crippen molar-refractivity contribution >= 4 is 11.4 Å². The molecule has 0 bridgehead atoms. The van der Waals surface area contributed by atoms with Gasteiger partial charge in [0.25, 0.3) is 0 Å². The second-order valence-electron chi connectivity index (χ2n) is 11.6. The molecule has 0 spiro atoms. The van der Waals surface area contributed by atoms with Crippen LogP contribution in [0.25, 0.3) is 0 Å². The highest BCUT2D eigenvalue weighted by atomic mass is 16.5. The van der Waals surface area contributed by atoms with Crippen molar-refractivity contribution in [2.75, 3.05) is 29.8 Å². The predicted octanol–water partition coefficient (Wildman–Crippen LogP) is 9.60. The summed E-state index contributed by atoms with van der Waals surface area (Å²) in [5, 5.41) is 0. The van der Waals surface area contributed by atoms with E-state index in [2.05, 4.69) is 124 Å². The second kappa shape index (κ2) is 14.3. The average Bonchev–Trinajstić information content (AvgIpc) is 3.01. The maximum atomic E-state index is 6.00. The number of fused-ring (bicyclic) bond motifs is 1. The molecule has 218 valence electrons. The van der Waals surface area contributed by atoms with Gasteiger partial charge in [-0.05, 0) is 65.9 Å². The molecule has 0 N–H and O–H groups in total. The molecule has 3 aliphatic rings. The maximum absolute atomic E-state index is 6.00. The standard InChI is InChI=1S/C31H32N2O2.2C3H8/c1-31(2,25-11-15-27(16-12-25)32-19-23-7-3-5-9-29(23)34-21-32)26-13-17-28(18-14-26)33-20-24-8-4-6-10-30(24)35-22-33;2*1-3-2/h3,5-7,9-18H,4,8,19-22H2,1-2H3;2*3H2,1-2H3. The van der Waals surface area contributed by atoms with Crippen LogP contribution in [0.2, 0.25) is 0 Å². The van der Waals surface area contributed by atoms with E-state index in [0.717, 1.165) is 37.4 Å². The number of anilines is 2. The molecule has 0 aromatic heterocycles. The first-order chi connectivity index (χ1) is 19.9. The van der Waals surface area contributed by atoms with Crippen LogP contribution in [0.1, 0.15) is 83.9 Å². The van der Waals surface area contributed by atoms with Crippen molar-refractivity contribution in [3.63, 3.8) is 0 Å². The van der Waals surface area contributed by atoms with Crippen LogP contribution in [-0.2, 0) is 16.7 Å². The van der Waals surface area contributed by atoms with E-state index < -0.39 is 0 Å². The van der Waals surface area contributed by atoms with Gasteiger partial charge >= 0.3 is 0 Å². The Labute approximate surface area is 248 Å². The van der Waals surface area contributed by atoms with Gasteiger partial charge in [0.1, 0.15) is 11.5 Å². The minimum absolute atomic E-state index is 0.0929. The molecular formula is C37H48N2O2. The number of hydrogen-bond acceptors (Lipinski definition) is 4. The van der Waals surface area contributed by atoms with Gasteiger partial charge in [0.15, 0.2) is 13.5 Å². The van der Waals surface area contributed by atoms with Crippen molar-refractivity contribution in [3.05, 3.63) is 113 Å². The summed E-state index contributed by atoms with van der Waals surface area (Å²) in [5.74, 6) is 2.07. The summed E-state index contributed by atoms with van der Waals surface area (Å²) in [5.41, 5.74) is 7.56. The fourth-order valence-corrected chi connectivity index (χ4v) is 5.27. The number of nitrogens with zero attached hydrogens (tertiary/aromatic N) is 2. The number of allylic oxidation sites excluding steroid dienone is 2. The molecule has 2 heterocycles. The van der Waals surface area contributed by atoms with E-state index in [0.29, 0.717) is 13.5 Å². The largest absolute Gasteiger partial charge is 0.473 e. The minimum Gasteiger partial charge on any atom is -0.473 e. The Kier molecular flexibility index (Phi) is 10.6. The van der Waals surface area contributed by atoms with Gasteiger partial charge in [0.05, 0.1) is 0 Å². The SMILES string of the molecule is CC(C)(c1ccc(N2COC3=C(CCC=C3)C2)cc1)c1ccc(N2COc3ccccc3C2)cc1.CCC.CCC. The average molecular weight is 553 g/mol. The Balaban J connectivity index is 0.000000596. The van der Waals surface area contributed by atoms with Crippen LogP contribution in [0.5, 0.6) is 5.75 Å². The van der Waals surface area contributed by atoms with Gasteiger partial charge in [-0.15, -0.1) is 0 Å². The van der Waals surface area contributed by atoms with Gasteiger partial charge in [-0.25, -0.2) is 0 Å². The normalized spacial score (nSPS) is 15.8. The molecule has 0 fully saturated rings. The quantitative estimate of drug-likeness (QED) is 0.322. The number of hydrogen-bond donors (Lipinski definition) is 0. The van der Waals surface area contributed by atoms with Crippen molar-refractivity contribution in [2.45, 2.75) is 79.2 Å². The molecule has 1 aliphatic carbocycles. The van der Waals surface area contributed by atoms with Crippen LogP contribution >= 0.6 is 0 Å². The summed E-state index contributed by atoms with van der Waals surface area (Å²) in [4.78, 5) is 4.60. The first kappa shape index (κ1) is 30.3. The fraction of sp³-hybridized carbons (Fsp3) is 0.405. The summed E-state index contributed by atoms with van der Waals surface area (Å²) in [6, 6.07) is 26.2. The third-order valence-corrected chi connectivity index (χ3v) is 7.61. The molecule has 41 heavy (non-hydrogen) atoms. The Bertz CT molecular complexity index is 1300. The molecule has 0 saturated heterocycles. The summed E-state index contributed by atoms with van der Waals surface area (Å²) < 4.78 is 12.0. The Morgan fingerprint density at radius 2 is 1.22 bits per heavy atom. The van der Waals surface area contributed by atoms with Crippen molar-refractivity contribution in [3.8, 4) is 5.75 Å². The molecule has 4 heteroatoms.